The van der Waals surface area contributed by atoms with Gasteiger partial charge in [0.25, 0.3) is 0 Å². The van der Waals surface area contributed by atoms with E-state index in [2.05, 4.69) is 20.4 Å². The number of rotatable bonds is 8. The van der Waals surface area contributed by atoms with E-state index in [4.69, 9.17) is 4.74 Å². The number of nitrogens with one attached hydrogen (secondary N) is 1. The molecule has 0 amide bonds. The molecule has 192 valence electrons. The zero-order valence-corrected chi connectivity index (χ0v) is 21.3. The lowest BCUT2D eigenvalue weighted by molar-refractivity contribution is 0.0697. The Bertz CT molecular complexity index is 1720. The van der Waals surface area contributed by atoms with Crippen LogP contribution in [0.25, 0.3) is 16.7 Å². The van der Waals surface area contributed by atoms with Crippen LogP contribution in [-0.4, -0.2) is 46.4 Å². The number of aromatic carboxylic acids is 1. The normalized spacial score (nSPS) is 12.3. The molecule has 0 radical (unpaired) electrons. The third-order valence-corrected chi connectivity index (χ3v) is 8.00. The first-order valence-corrected chi connectivity index (χ1v) is 13.1. The van der Waals surface area contributed by atoms with Gasteiger partial charge >= 0.3 is 5.97 Å². The lowest BCUT2D eigenvalue weighted by Crippen LogP contribution is -2.23. The van der Waals surface area contributed by atoms with E-state index in [0.29, 0.717) is 28.0 Å². The lowest BCUT2D eigenvalue weighted by Gasteiger charge is -2.22. The second-order valence-corrected chi connectivity index (χ2v) is 10.4. The van der Waals surface area contributed by atoms with Gasteiger partial charge in [0.05, 0.1) is 34.5 Å². The van der Waals surface area contributed by atoms with Crippen LogP contribution in [0.3, 0.4) is 0 Å². The maximum Gasteiger partial charge on any atom is 0.339 e. The van der Waals surface area contributed by atoms with Crippen molar-refractivity contribution in [3.63, 3.8) is 0 Å². The summed E-state index contributed by atoms with van der Waals surface area (Å²) in [7, 11) is -2.60. The number of ether oxygens (including phenoxy) is 1. The van der Waals surface area contributed by atoms with E-state index in [0.717, 1.165) is 5.69 Å². The molecule has 3 aromatic heterocycles. The smallest absolute Gasteiger partial charge is 0.339 e. The second kappa shape index (κ2) is 9.94. The molecule has 3 heterocycles. The number of carbonyl (C=O) groups is 1. The van der Waals surface area contributed by atoms with Crippen LogP contribution in [0.2, 0.25) is 0 Å². The van der Waals surface area contributed by atoms with E-state index in [9.17, 15) is 18.3 Å². The van der Waals surface area contributed by atoms with Crippen molar-refractivity contribution in [2.24, 2.45) is 0 Å². The van der Waals surface area contributed by atoms with Crippen molar-refractivity contribution in [2.75, 3.05) is 12.4 Å². The molecule has 0 fully saturated rings. The molecule has 1 atom stereocenters. The number of carboxylic acids is 1. The molecule has 0 spiro atoms. The highest BCUT2D eigenvalue weighted by Gasteiger charge is 2.32. The molecular formula is C27H23N5O5S. The quantitative estimate of drug-likeness (QED) is 0.299. The van der Waals surface area contributed by atoms with Gasteiger partial charge < -0.3 is 15.2 Å². The predicted octanol–water partition coefficient (Wildman–Crippen LogP) is 4.42. The number of sulfone groups is 1. The van der Waals surface area contributed by atoms with Crippen molar-refractivity contribution in [3.8, 4) is 11.4 Å². The van der Waals surface area contributed by atoms with Gasteiger partial charge in [0.1, 0.15) is 11.3 Å². The molecule has 5 rings (SSSR count). The Kier molecular flexibility index (Phi) is 6.52. The average molecular weight is 530 g/mol. The van der Waals surface area contributed by atoms with Gasteiger partial charge in [-0.05, 0) is 49.4 Å². The standard InChI is InChI=1S/C27H23N5O5S/c1-17-23-24(22(27(33)34)16-29-25(23)32(31-17)19-8-4-3-5-9-19)30-26(18-7-6-14-28-15-18)38(35,36)21-12-10-20(37-2)11-13-21/h3-16,26H,1-2H3,(H,29,30)(H,33,34). The number of methoxy groups -OCH3 is 1. The molecule has 0 aliphatic carbocycles. The summed E-state index contributed by atoms with van der Waals surface area (Å²) in [4.78, 5) is 20.8. The molecule has 1 unspecified atom stereocenters. The van der Waals surface area contributed by atoms with Crippen molar-refractivity contribution < 1.29 is 23.1 Å². The first-order chi connectivity index (χ1) is 18.3. The third kappa shape index (κ3) is 4.43. The number of hydrogen-bond donors (Lipinski definition) is 2. The molecule has 10 nitrogen and oxygen atoms in total. The number of hydrogen-bond acceptors (Lipinski definition) is 8. The van der Waals surface area contributed by atoms with Gasteiger partial charge in [0.2, 0.25) is 9.84 Å². The Labute approximate surface area is 218 Å². The zero-order chi connectivity index (χ0) is 26.9. The maximum absolute atomic E-state index is 14.0. The largest absolute Gasteiger partial charge is 0.497 e. The fourth-order valence-corrected chi connectivity index (χ4v) is 5.78. The van der Waals surface area contributed by atoms with Gasteiger partial charge in [0, 0.05) is 24.2 Å². The van der Waals surface area contributed by atoms with Gasteiger partial charge in [-0.25, -0.2) is 22.9 Å². The molecule has 0 bridgehead atoms. The number of carboxylic acid groups (broad SMARTS) is 1. The number of nitrogens with zero attached hydrogens (tertiary/aromatic N) is 4. The Hall–Kier alpha value is -4.77. The van der Waals surface area contributed by atoms with E-state index >= 15 is 0 Å². The third-order valence-electron chi connectivity index (χ3n) is 6.06. The van der Waals surface area contributed by atoms with Crippen LogP contribution in [-0.2, 0) is 9.84 Å². The molecule has 2 aromatic carbocycles. The SMILES string of the molecule is COc1ccc(S(=O)(=O)C(Nc2c(C(=O)O)cnc3c2c(C)nn3-c2ccccc2)c2cccnc2)cc1. The number of aromatic nitrogens is 4. The van der Waals surface area contributed by atoms with Gasteiger partial charge in [-0.3, -0.25) is 4.98 Å². The van der Waals surface area contributed by atoms with Crippen molar-refractivity contribution in [1.82, 2.24) is 19.7 Å². The summed E-state index contributed by atoms with van der Waals surface area (Å²) < 4.78 is 34.7. The van der Waals surface area contributed by atoms with Crippen LogP contribution in [0.1, 0.15) is 27.0 Å². The fraction of sp³-hybridized carbons (Fsp3) is 0.111. The van der Waals surface area contributed by atoms with Gasteiger partial charge in [-0.2, -0.15) is 5.10 Å². The maximum atomic E-state index is 14.0. The van der Waals surface area contributed by atoms with Gasteiger partial charge in [-0.1, -0.05) is 24.3 Å². The molecule has 0 saturated carbocycles. The number of anilines is 1. The monoisotopic (exact) mass is 529 g/mol. The summed E-state index contributed by atoms with van der Waals surface area (Å²) in [5.74, 6) is -0.761. The van der Waals surface area contributed by atoms with Crippen molar-refractivity contribution in [2.45, 2.75) is 17.2 Å². The molecule has 0 aliphatic heterocycles. The van der Waals surface area contributed by atoms with Crippen molar-refractivity contribution in [3.05, 3.63) is 102 Å². The van der Waals surface area contributed by atoms with Crippen LogP contribution >= 0.6 is 0 Å². The number of fused-ring (bicyclic) bond motifs is 1. The fourth-order valence-electron chi connectivity index (χ4n) is 4.22. The molecule has 0 saturated heterocycles. The first-order valence-electron chi connectivity index (χ1n) is 11.5. The number of benzene rings is 2. The number of pyridine rings is 2. The zero-order valence-electron chi connectivity index (χ0n) is 20.4. The highest BCUT2D eigenvalue weighted by Crippen LogP contribution is 2.36. The van der Waals surface area contributed by atoms with E-state index in [1.54, 1.807) is 35.9 Å². The minimum absolute atomic E-state index is 0.0264. The van der Waals surface area contributed by atoms with E-state index in [-0.39, 0.29) is 16.1 Å². The van der Waals surface area contributed by atoms with Gasteiger partial charge in [0.15, 0.2) is 11.0 Å². The van der Waals surface area contributed by atoms with E-state index in [1.165, 1.54) is 37.8 Å². The molecule has 11 heteroatoms. The lowest BCUT2D eigenvalue weighted by atomic mass is 10.1. The average Bonchev–Trinajstić information content (AvgIpc) is 3.29. The highest BCUT2D eigenvalue weighted by atomic mass is 32.2. The van der Waals surface area contributed by atoms with Crippen LogP contribution < -0.4 is 10.1 Å². The minimum Gasteiger partial charge on any atom is -0.497 e. The number of aryl methyl sites for hydroxylation is 1. The van der Waals surface area contributed by atoms with Crippen LogP contribution in [0.4, 0.5) is 5.69 Å². The Morgan fingerprint density at radius 2 is 1.76 bits per heavy atom. The topological polar surface area (TPSA) is 136 Å². The summed E-state index contributed by atoms with van der Waals surface area (Å²) in [5.41, 5.74) is 1.82. The van der Waals surface area contributed by atoms with Gasteiger partial charge in [-0.15, -0.1) is 0 Å². The summed E-state index contributed by atoms with van der Waals surface area (Å²) in [6.45, 7) is 1.72. The molecule has 5 aromatic rings. The van der Waals surface area contributed by atoms with E-state index in [1.807, 2.05) is 30.3 Å². The molecule has 38 heavy (non-hydrogen) atoms. The number of para-hydroxylation sites is 1. The van der Waals surface area contributed by atoms with Crippen LogP contribution in [0, 0.1) is 6.92 Å². The summed E-state index contributed by atoms with van der Waals surface area (Å²) >= 11 is 0. The molecule has 0 aliphatic rings. The minimum atomic E-state index is -4.09. The first kappa shape index (κ1) is 24.9. The second-order valence-electron chi connectivity index (χ2n) is 8.41. The highest BCUT2D eigenvalue weighted by molar-refractivity contribution is 7.91. The molecular weight excluding hydrogens is 506 g/mol. The van der Waals surface area contributed by atoms with E-state index < -0.39 is 21.2 Å². The Morgan fingerprint density at radius 1 is 1.03 bits per heavy atom. The molecule has 2 N–H and O–H groups in total. The van der Waals surface area contributed by atoms with Crippen LogP contribution in [0.5, 0.6) is 5.75 Å². The van der Waals surface area contributed by atoms with Crippen molar-refractivity contribution >= 4 is 32.5 Å². The Morgan fingerprint density at radius 3 is 2.39 bits per heavy atom. The Balaban J connectivity index is 1.72. The van der Waals surface area contributed by atoms with Crippen LogP contribution in [0.15, 0.2) is 90.2 Å². The summed E-state index contributed by atoms with van der Waals surface area (Å²) in [5, 5.41) is 16.7. The predicted molar refractivity (Wildman–Crippen MR) is 141 cm³/mol. The van der Waals surface area contributed by atoms with Crippen molar-refractivity contribution in [1.29, 1.82) is 0 Å². The summed E-state index contributed by atoms with van der Waals surface area (Å²) in [6, 6.07) is 18.5. The summed E-state index contributed by atoms with van der Waals surface area (Å²) in [6.07, 6.45) is 4.16.